The van der Waals surface area contributed by atoms with Crippen LogP contribution in [0, 0.1) is 11.3 Å². The highest BCUT2D eigenvalue weighted by molar-refractivity contribution is 6.34. The van der Waals surface area contributed by atoms with E-state index >= 15 is 0 Å². The van der Waals surface area contributed by atoms with E-state index in [0.29, 0.717) is 16.5 Å². The lowest BCUT2D eigenvalue weighted by Crippen LogP contribution is -1.84. The number of nitriles is 1. The Morgan fingerprint density at radius 1 is 1.15 bits per heavy atom. The van der Waals surface area contributed by atoms with Crippen molar-refractivity contribution in [3.8, 4) is 6.07 Å². The molecule has 0 saturated heterocycles. The van der Waals surface area contributed by atoms with E-state index in [-0.39, 0.29) is 0 Å². The van der Waals surface area contributed by atoms with E-state index in [0.717, 1.165) is 18.4 Å². The van der Waals surface area contributed by atoms with Gasteiger partial charge in [0.2, 0.25) is 0 Å². The zero-order chi connectivity index (χ0) is 9.68. The first-order chi connectivity index (χ1) is 6.22. The Morgan fingerprint density at radius 2 is 1.77 bits per heavy atom. The van der Waals surface area contributed by atoms with Gasteiger partial charge in [-0.15, -0.1) is 0 Å². The Kier molecular flexibility index (Phi) is 4.08. The van der Waals surface area contributed by atoms with E-state index in [2.05, 4.69) is 6.07 Å². The fraction of sp³-hybridized carbons (Fsp3) is 0.300. The van der Waals surface area contributed by atoms with Gasteiger partial charge in [-0.2, -0.15) is 5.26 Å². The highest BCUT2D eigenvalue weighted by Gasteiger charge is 1.97. The molecule has 1 aromatic carbocycles. The zero-order valence-corrected chi connectivity index (χ0v) is 8.57. The maximum atomic E-state index is 8.35. The van der Waals surface area contributed by atoms with Gasteiger partial charge in [0, 0.05) is 16.5 Å². The molecular weight excluding hydrogens is 205 g/mol. The van der Waals surface area contributed by atoms with Gasteiger partial charge in [0.15, 0.2) is 0 Å². The van der Waals surface area contributed by atoms with Gasteiger partial charge in [-0.25, -0.2) is 0 Å². The third kappa shape index (κ3) is 3.67. The molecule has 0 amide bonds. The minimum atomic E-state index is 0.574. The topological polar surface area (TPSA) is 23.8 Å². The van der Waals surface area contributed by atoms with Gasteiger partial charge in [0.1, 0.15) is 0 Å². The molecule has 1 rings (SSSR count). The first kappa shape index (κ1) is 10.4. The molecule has 0 atom stereocenters. The molecule has 1 nitrogen and oxygen atoms in total. The molecule has 0 N–H and O–H groups in total. The van der Waals surface area contributed by atoms with Crippen LogP contribution in [-0.2, 0) is 6.42 Å². The molecule has 0 aliphatic rings. The first-order valence-corrected chi connectivity index (χ1v) is 4.80. The van der Waals surface area contributed by atoms with Crippen LogP contribution in [0.4, 0.5) is 0 Å². The van der Waals surface area contributed by atoms with Crippen molar-refractivity contribution in [3.63, 3.8) is 0 Å². The van der Waals surface area contributed by atoms with E-state index in [4.69, 9.17) is 28.5 Å². The molecule has 0 radical (unpaired) electrons. The average Bonchev–Trinajstić information content (AvgIpc) is 2.03. The normalized spacial score (nSPS) is 9.62. The molecule has 0 heterocycles. The van der Waals surface area contributed by atoms with Gasteiger partial charge in [0.05, 0.1) is 6.07 Å². The Hall–Kier alpha value is -0.710. The monoisotopic (exact) mass is 213 g/mol. The summed E-state index contributed by atoms with van der Waals surface area (Å²) in [6.07, 6.45) is 2.28. The number of hydrogen-bond acceptors (Lipinski definition) is 1. The lowest BCUT2D eigenvalue weighted by atomic mass is 10.1. The molecule has 0 unspecified atom stereocenters. The predicted octanol–water partition coefficient (Wildman–Crippen LogP) is 3.84. The predicted molar refractivity (Wildman–Crippen MR) is 55.0 cm³/mol. The Morgan fingerprint density at radius 3 is 2.31 bits per heavy atom. The number of nitrogens with zero attached hydrogens (tertiary/aromatic N) is 1. The van der Waals surface area contributed by atoms with Gasteiger partial charge < -0.3 is 0 Å². The third-order valence-electron chi connectivity index (χ3n) is 1.68. The molecule has 68 valence electrons. The third-order valence-corrected chi connectivity index (χ3v) is 2.11. The summed E-state index contributed by atoms with van der Waals surface area (Å²) in [5.41, 5.74) is 1.09. The van der Waals surface area contributed by atoms with Gasteiger partial charge in [-0.05, 0) is 36.6 Å². The highest BCUT2D eigenvalue weighted by atomic mass is 35.5. The number of benzene rings is 1. The minimum absolute atomic E-state index is 0.574. The standard InChI is InChI=1S/C10H9Cl2N/c11-9-5-8(3-1-2-4-13)6-10(12)7-9/h5-7H,1-3H2. The van der Waals surface area contributed by atoms with Crippen molar-refractivity contribution in [2.75, 3.05) is 0 Å². The van der Waals surface area contributed by atoms with Crippen molar-refractivity contribution in [2.24, 2.45) is 0 Å². The summed E-state index contributed by atoms with van der Waals surface area (Å²) in [5.74, 6) is 0. The maximum absolute atomic E-state index is 8.35. The lowest BCUT2D eigenvalue weighted by Gasteiger charge is -2.00. The van der Waals surface area contributed by atoms with Gasteiger partial charge >= 0.3 is 0 Å². The molecule has 0 bridgehead atoms. The van der Waals surface area contributed by atoms with Crippen LogP contribution in [0.3, 0.4) is 0 Å². The minimum Gasteiger partial charge on any atom is -0.198 e. The summed E-state index contributed by atoms with van der Waals surface area (Å²) < 4.78 is 0. The van der Waals surface area contributed by atoms with Gasteiger partial charge in [0.25, 0.3) is 0 Å². The van der Waals surface area contributed by atoms with Crippen LogP contribution in [0.1, 0.15) is 18.4 Å². The molecule has 0 saturated carbocycles. The molecular formula is C10H9Cl2N. The SMILES string of the molecule is N#CCCCc1cc(Cl)cc(Cl)c1. The summed E-state index contributed by atoms with van der Waals surface area (Å²) in [6.45, 7) is 0. The van der Waals surface area contributed by atoms with Crippen molar-refractivity contribution in [3.05, 3.63) is 33.8 Å². The fourth-order valence-electron chi connectivity index (χ4n) is 1.13. The number of rotatable bonds is 3. The number of aryl methyl sites for hydroxylation is 1. The summed E-state index contributed by atoms with van der Waals surface area (Å²) in [6, 6.07) is 7.57. The van der Waals surface area contributed by atoms with E-state index in [1.165, 1.54) is 0 Å². The van der Waals surface area contributed by atoms with Crippen LogP contribution in [0.25, 0.3) is 0 Å². The van der Waals surface area contributed by atoms with Crippen LogP contribution < -0.4 is 0 Å². The largest absolute Gasteiger partial charge is 0.198 e. The van der Waals surface area contributed by atoms with E-state index < -0.39 is 0 Å². The molecule has 0 fully saturated rings. The van der Waals surface area contributed by atoms with Crippen molar-refractivity contribution in [1.29, 1.82) is 5.26 Å². The second kappa shape index (κ2) is 5.11. The zero-order valence-electron chi connectivity index (χ0n) is 7.06. The van der Waals surface area contributed by atoms with E-state index in [1.807, 2.05) is 12.1 Å². The number of unbranched alkanes of at least 4 members (excludes halogenated alkanes) is 1. The van der Waals surface area contributed by atoms with Crippen molar-refractivity contribution in [1.82, 2.24) is 0 Å². The second-order valence-electron chi connectivity index (χ2n) is 2.79. The highest BCUT2D eigenvalue weighted by Crippen LogP contribution is 2.20. The van der Waals surface area contributed by atoms with Crippen LogP contribution in [0.5, 0.6) is 0 Å². The van der Waals surface area contributed by atoms with Crippen LogP contribution in [0.15, 0.2) is 18.2 Å². The van der Waals surface area contributed by atoms with Crippen LogP contribution >= 0.6 is 23.2 Å². The summed E-state index contributed by atoms with van der Waals surface area (Å²) in [4.78, 5) is 0. The van der Waals surface area contributed by atoms with Crippen LogP contribution in [-0.4, -0.2) is 0 Å². The smallest absolute Gasteiger partial charge is 0.0621 e. The molecule has 13 heavy (non-hydrogen) atoms. The Bertz CT molecular complexity index is 308. The molecule has 1 aromatic rings. The number of halogens is 2. The maximum Gasteiger partial charge on any atom is 0.0621 e. The van der Waals surface area contributed by atoms with E-state index in [9.17, 15) is 0 Å². The Labute approximate surface area is 87.9 Å². The van der Waals surface area contributed by atoms with E-state index in [1.54, 1.807) is 6.07 Å². The number of hydrogen-bond donors (Lipinski definition) is 0. The van der Waals surface area contributed by atoms with Gasteiger partial charge in [-0.3, -0.25) is 0 Å². The molecule has 0 aromatic heterocycles. The summed E-state index contributed by atoms with van der Waals surface area (Å²) in [7, 11) is 0. The van der Waals surface area contributed by atoms with Crippen molar-refractivity contribution in [2.45, 2.75) is 19.3 Å². The molecule has 3 heteroatoms. The van der Waals surface area contributed by atoms with Crippen molar-refractivity contribution >= 4 is 23.2 Å². The quantitative estimate of drug-likeness (QED) is 0.701. The van der Waals surface area contributed by atoms with Gasteiger partial charge in [-0.1, -0.05) is 23.2 Å². The molecule has 0 aliphatic heterocycles. The summed E-state index contributed by atoms with van der Waals surface area (Å²) in [5, 5.41) is 9.66. The molecule has 0 aliphatic carbocycles. The van der Waals surface area contributed by atoms with Crippen molar-refractivity contribution < 1.29 is 0 Å². The second-order valence-corrected chi connectivity index (χ2v) is 3.66. The average molecular weight is 214 g/mol. The fourth-order valence-corrected chi connectivity index (χ4v) is 1.70. The molecule has 0 spiro atoms. The summed E-state index contributed by atoms with van der Waals surface area (Å²) >= 11 is 11.6. The lowest BCUT2D eigenvalue weighted by molar-refractivity contribution is 0.850. The first-order valence-electron chi connectivity index (χ1n) is 4.04. The Balaban J connectivity index is 2.62. The van der Waals surface area contributed by atoms with Crippen LogP contribution in [0.2, 0.25) is 10.0 Å².